The molecule has 0 bridgehead atoms. The highest BCUT2D eigenvalue weighted by molar-refractivity contribution is 6.29. The summed E-state index contributed by atoms with van der Waals surface area (Å²) in [6.45, 7) is 6.13. The van der Waals surface area contributed by atoms with Crippen LogP contribution in [0.2, 0.25) is 5.15 Å². The molecule has 1 aliphatic rings. The van der Waals surface area contributed by atoms with E-state index in [-0.39, 0.29) is 6.10 Å². The van der Waals surface area contributed by atoms with Gasteiger partial charge in [0.05, 0.1) is 6.10 Å². The number of anilines is 1. The standard InChI is InChI=1S/C13H20ClN3O/c1-4-12-15-11(14)7-13(16-12)17-6-5-9(2)10(8-17)18-3/h7,9-10H,4-6,8H2,1-3H3. The van der Waals surface area contributed by atoms with E-state index in [0.29, 0.717) is 11.1 Å². The van der Waals surface area contributed by atoms with Crippen molar-refractivity contribution in [1.82, 2.24) is 9.97 Å². The number of ether oxygens (including phenoxy) is 1. The summed E-state index contributed by atoms with van der Waals surface area (Å²) in [5.41, 5.74) is 0. The Labute approximate surface area is 113 Å². The fraction of sp³-hybridized carbons (Fsp3) is 0.692. The molecular weight excluding hydrogens is 250 g/mol. The average Bonchev–Trinajstić information content (AvgIpc) is 2.38. The summed E-state index contributed by atoms with van der Waals surface area (Å²) in [5.74, 6) is 2.31. The Hall–Kier alpha value is -0.870. The van der Waals surface area contributed by atoms with Gasteiger partial charge in [-0.05, 0) is 12.3 Å². The lowest BCUT2D eigenvalue weighted by Gasteiger charge is -2.37. The minimum Gasteiger partial charge on any atom is -0.379 e. The lowest BCUT2D eigenvalue weighted by molar-refractivity contribution is 0.0496. The van der Waals surface area contributed by atoms with E-state index in [9.17, 15) is 0 Å². The highest BCUT2D eigenvalue weighted by Gasteiger charge is 2.27. The highest BCUT2D eigenvalue weighted by atomic mass is 35.5. The van der Waals surface area contributed by atoms with Crippen LogP contribution in [0, 0.1) is 5.92 Å². The molecular formula is C13H20ClN3O. The van der Waals surface area contributed by atoms with Gasteiger partial charge in [-0.15, -0.1) is 0 Å². The number of aryl methyl sites for hydroxylation is 1. The van der Waals surface area contributed by atoms with Crippen molar-refractivity contribution in [2.75, 3.05) is 25.1 Å². The van der Waals surface area contributed by atoms with Crippen LogP contribution in [-0.2, 0) is 11.2 Å². The molecule has 0 spiro atoms. The molecule has 1 saturated heterocycles. The molecule has 2 heterocycles. The van der Waals surface area contributed by atoms with Crippen LogP contribution in [0.4, 0.5) is 5.82 Å². The van der Waals surface area contributed by atoms with Gasteiger partial charge in [-0.25, -0.2) is 9.97 Å². The Morgan fingerprint density at radius 1 is 1.50 bits per heavy atom. The number of hydrogen-bond acceptors (Lipinski definition) is 4. The molecule has 1 aromatic rings. The molecule has 1 aliphatic heterocycles. The van der Waals surface area contributed by atoms with E-state index in [4.69, 9.17) is 16.3 Å². The van der Waals surface area contributed by atoms with Gasteiger partial charge >= 0.3 is 0 Å². The van der Waals surface area contributed by atoms with E-state index in [1.54, 1.807) is 7.11 Å². The van der Waals surface area contributed by atoms with Gasteiger partial charge in [0.2, 0.25) is 0 Å². The van der Waals surface area contributed by atoms with Gasteiger partial charge in [0.1, 0.15) is 16.8 Å². The molecule has 2 atom stereocenters. The molecule has 100 valence electrons. The molecule has 0 radical (unpaired) electrons. The van der Waals surface area contributed by atoms with E-state index in [1.165, 1.54) is 0 Å². The van der Waals surface area contributed by atoms with E-state index < -0.39 is 0 Å². The molecule has 2 rings (SSSR count). The highest BCUT2D eigenvalue weighted by Crippen LogP contribution is 2.25. The maximum atomic E-state index is 6.04. The third kappa shape index (κ3) is 2.93. The van der Waals surface area contributed by atoms with Crippen LogP contribution in [0.25, 0.3) is 0 Å². The quantitative estimate of drug-likeness (QED) is 0.791. The monoisotopic (exact) mass is 269 g/mol. The van der Waals surface area contributed by atoms with Crippen molar-refractivity contribution in [2.24, 2.45) is 5.92 Å². The second-order valence-electron chi connectivity index (χ2n) is 4.80. The first kappa shape index (κ1) is 13.6. The summed E-state index contributed by atoms with van der Waals surface area (Å²) < 4.78 is 5.52. The molecule has 4 nitrogen and oxygen atoms in total. The number of aromatic nitrogens is 2. The Balaban J connectivity index is 2.18. The Morgan fingerprint density at radius 2 is 2.28 bits per heavy atom. The summed E-state index contributed by atoms with van der Waals surface area (Å²) in [5, 5.41) is 0.518. The van der Waals surface area contributed by atoms with Crippen molar-refractivity contribution in [3.8, 4) is 0 Å². The largest absolute Gasteiger partial charge is 0.379 e. The SMILES string of the molecule is CCc1nc(Cl)cc(N2CCC(C)C(OC)C2)n1. The van der Waals surface area contributed by atoms with Crippen LogP contribution in [-0.4, -0.2) is 36.3 Å². The predicted octanol–water partition coefficient (Wildman–Crippen LogP) is 2.55. The Kier molecular flexibility index (Phi) is 4.40. The van der Waals surface area contributed by atoms with Crippen LogP contribution in [0.5, 0.6) is 0 Å². The summed E-state index contributed by atoms with van der Waals surface area (Å²) in [7, 11) is 1.77. The van der Waals surface area contributed by atoms with E-state index in [0.717, 1.165) is 37.6 Å². The first-order valence-electron chi connectivity index (χ1n) is 6.45. The number of methoxy groups -OCH3 is 1. The smallest absolute Gasteiger partial charge is 0.134 e. The van der Waals surface area contributed by atoms with Crippen LogP contribution < -0.4 is 4.90 Å². The maximum absolute atomic E-state index is 6.04. The van der Waals surface area contributed by atoms with Crippen LogP contribution in [0.15, 0.2) is 6.07 Å². The van der Waals surface area contributed by atoms with Gasteiger partial charge in [-0.1, -0.05) is 25.4 Å². The summed E-state index contributed by atoms with van der Waals surface area (Å²) >= 11 is 6.04. The van der Waals surface area contributed by atoms with Gasteiger partial charge in [0.15, 0.2) is 0 Å². The van der Waals surface area contributed by atoms with Crippen molar-refractivity contribution in [3.05, 3.63) is 17.0 Å². The van der Waals surface area contributed by atoms with Crippen molar-refractivity contribution >= 4 is 17.4 Å². The number of halogens is 1. The molecule has 2 unspecified atom stereocenters. The van der Waals surface area contributed by atoms with Crippen LogP contribution in [0.3, 0.4) is 0 Å². The fourth-order valence-electron chi connectivity index (χ4n) is 2.32. The third-order valence-electron chi connectivity index (χ3n) is 3.56. The summed E-state index contributed by atoms with van der Waals surface area (Å²) in [6, 6.07) is 1.84. The second-order valence-corrected chi connectivity index (χ2v) is 5.19. The average molecular weight is 270 g/mol. The molecule has 1 fully saturated rings. The molecule has 0 aromatic carbocycles. The van der Waals surface area contributed by atoms with Gasteiger partial charge in [0.25, 0.3) is 0 Å². The number of nitrogens with zero attached hydrogens (tertiary/aromatic N) is 3. The van der Waals surface area contributed by atoms with Crippen molar-refractivity contribution in [2.45, 2.75) is 32.8 Å². The maximum Gasteiger partial charge on any atom is 0.134 e. The van der Waals surface area contributed by atoms with Crippen molar-refractivity contribution in [3.63, 3.8) is 0 Å². The molecule has 0 saturated carbocycles. The van der Waals surface area contributed by atoms with Crippen LogP contribution >= 0.6 is 11.6 Å². The predicted molar refractivity (Wildman–Crippen MR) is 73.2 cm³/mol. The van der Waals surface area contributed by atoms with Crippen LogP contribution in [0.1, 0.15) is 26.1 Å². The number of hydrogen-bond donors (Lipinski definition) is 0. The molecule has 1 aromatic heterocycles. The van der Waals surface area contributed by atoms with E-state index in [2.05, 4.69) is 21.8 Å². The minimum absolute atomic E-state index is 0.262. The molecule has 18 heavy (non-hydrogen) atoms. The van der Waals surface area contributed by atoms with Gasteiger partial charge < -0.3 is 9.64 Å². The fourth-order valence-corrected chi connectivity index (χ4v) is 2.52. The third-order valence-corrected chi connectivity index (χ3v) is 3.75. The topological polar surface area (TPSA) is 38.2 Å². The Morgan fingerprint density at radius 3 is 2.94 bits per heavy atom. The molecule has 0 N–H and O–H groups in total. The van der Waals surface area contributed by atoms with Crippen molar-refractivity contribution < 1.29 is 4.74 Å². The van der Waals surface area contributed by atoms with Gasteiger partial charge in [-0.3, -0.25) is 0 Å². The normalized spacial score (nSPS) is 24.3. The second kappa shape index (κ2) is 5.85. The zero-order valence-corrected chi connectivity index (χ0v) is 11.9. The lowest BCUT2D eigenvalue weighted by atomic mass is 9.96. The van der Waals surface area contributed by atoms with Gasteiger partial charge in [-0.2, -0.15) is 0 Å². The first-order valence-corrected chi connectivity index (χ1v) is 6.83. The van der Waals surface area contributed by atoms with Crippen molar-refractivity contribution in [1.29, 1.82) is 0 Å². The lowest BCUT2D eigenvalue weighted by Crippen LogP contribution is -2.44. The number of piperidine rings is 1. The molecule has 5 heteroatoms. The molecule has 0 aliphatic carbocycles. The Bertz CT molecular complexity index is 413. The van der Waals surface area contributed by atoms with E-state index >= 15 is 0 Å². The van der Waals surface area contributed by atoms with Gasteiger partial charge in [0, 0.05) is 32.7 Å². The minimum atomic E-state index is 0.262. The van der Waals surface area contributed by atoms with E-state index in [1.807, 2.05) is 13.0 Å². The first-order chi connectivity index (χ1) is 8.63. The zero-order valence-electron chi connectivity index (χ0n) is 11.2. The summed E-state index contributed by atoms with van der Waals surface area (Å²) in [4.78, 5) is 11.0. The zero-order chi connectivity index (χ0) is 13.1. The number of rotatable bonds is 3. The summed E-state index contributed by atoms with van der Waals surface area (Å²) in [6.07, 6.45) is 2.17. The molecule has 0 amide bonds.